The molecule has 2 amide bonds. The molecule has 0 unspecified atom stereocenters. The van der Waals surface area contributed by atoms with E-state index in [1.54, 1.807) is 6.07 Å². The maximum absolute atomic E-state index is 11.7. The largest absolute Gasteiger partial charge is 0.447 e. The Morgan fingerprint density at radius 3 is 2.43 bits per heavy atom. The average Bonchev–Trinajstić information content (AvgIpc) is 2.67. The van der Waals surface area contributed by atoms with E-state index in [0.717, 1.165) is 21.3 Å². The number of nitrogens with one attached hydrogen (secondary N) is 2. The minimum absolute atomic E-state index is 0.416. The third kappa shape index (κ3) is 4.71. The molecule has 2 rings (SSSR count). The number of aryl methyl sites for hydroxylation is 2. The summed E-state index contributed by atoms with van der Waals surface area (Å²) in [5.41, 5.74) is 5.27. The van der Waals surface area contributed by atoms with E-state index in [9.17, 15) is 4.79 Å². The summed E-state index contributed by atoms with van der Waals surface area (Å²) in [5, 5.41) is 6.53. The van der Waals surface area contributed by atoms with E-state index in [2.05, 4.69) is 47.7 Å². The predicted octanol–water partition coefficient (Wildman–Crippen LogP) is 4.58. The van der Waals surface area contributed by atoms with Crippen molar-refractivity contribution >= 4 is 49.8 Å². The molecule has 0 fully saturated rings. The molecule has 0 radical (unpaired) electrons. The summed E-state index contributed by atoms with van der Waals surface area (Å²) in [4.78, 5) is 11.7. The lowest BCUT2D eigenvalue weighted by Gasteiger charge is -2.06. The van der Waals surface area contributed by atoms with Crippen LogP contribution in [0.3, 0.4) is 0 Å². The van der Waals surface area contributed by atoms with Crippen LogP contribution in [0.4, 0.5) is 10.5 Å². The van der Waals surface area contributed by atoms with Crippen molar-refractivity contribution in [3.05, 3.63) is 50.3 Å². The van der Waals surface area contributed by atoms with Crippen molar-refractivity contribution in [1.29, 1.82) is 0 Å². The number of halogens is 2. The Labute approximate surface area is 139 Å². The van der Waals surface area contributed by atoms with Crippen LogP contribution in [-0.4, -0.2) is 12.2 Å². The molecule has 7 heteroatoms. The number of rotatable bonds is 3. The number of furan rings is 1. The third-order valence-corrected chi connectivity index (χ3v) is 4.21. The first-order chi connectivity index (χ1) is 9.94. The average molecular weight is 415 g/mol. The molecule has 0 aliphatic carbocycles. The van der Waals surface area contributed by atoms with Gasteiger partial charge in [0.25, 0.3) is 0 Å². The normalized spacial score (nSPS) is 10.9. The molecule has 110 valence electrons. The Kier molecular flexibility index (Phi) is 5.19. The monoisotopic (exact) mass is 413 g/mol. The van der Waals surface area contributed by atoms with Crippen LogP contribution in [0.2, 0.25) is 0 Å². The molecule has 0 aliphatic rings. The molecule has 0 aliphatic heterocycles. The number of urea groups is 1. The zero-order chi connectivity index (χ0) is 15.4. The fraction of sp³-hybridized carbons (Fsp3) is 0.143. The van der Waals surface area contributed by atoms with Crippen molar-refractivity contribution in [2.45, 2.75) is 13.8 Å². The summed E-state index contributed by atoms with van der Waals surface area (Å²) in [6.07, 6.45) is 1.41. The molecule has 1 aromatic heterocycles. The topological polar surface area (TPSA) is 66.6 Å². The summed E-state index contributed by atoms with van der Waals surface area (Å²) >= 11 is 6.51. The number of hydrogen-bond acceptors (Lipinski definition) is 3. The highest BCUT2D eigenvalue weighted by atomic mass is 79.9. The molecule has 1 heterocycles. The predicted molar refractivity (Wildman–Crippen MR) is 89.8 cm³/mol. The number of anilines is 1. The van der Waals surface area contributed by atoms with Crippen LogP contribution in [-0.2, 0) is 0 Å². The number of carbonyl (C=O) groups is 1. The van der Waals surface area contributed by atoms with Gasteiger partial charge in [0.2, 0.25) is 0 Å². The number of amides is 2. The highest BCUT2D eigenvalue weighted by Crippen LogP contribution is 2.25. The maximum Gasteiger partial charge on any atom is 0.339 e. The van der Waals surface area contributed by atoms with Gasteiger partial charge in [0.1, 0.15) is 5.76 Å². The van der Waals surface area contributed by atoms with E-state index in [4.69, 9.17) is 4.42 Å². The summed E-state index contributed by atoms with van der Waals surface area (Å²) in [6.45, 7) is 3.95. The van der Waals surface area contributed by atoms with E-state index in [1.165, 1.54) is 6.21 Å². The van der Waals surface area contributed by atoms with Crippen molar-refractivity contribution in [1.82, 2.24) is 5.43 Å². The van der Waals surface area contributed by atoms with Crippen LogP contribution in [0, 0.1) is 13.8 Å². The number of benzene rings is 1. The first kappa shape index (κ1) is 15.8. The third-order valence-electron chi connectivity index (χ3n) is 2.50. The Balaban J connectivity index is 1.92. The second-order valence-electron chi connectivity index (χ2n) is 4.47. The summed E-state index contributed by atoms with van der Waals surface area (Å²) in [7, 11) is 0. The van der Waals surface area contributed by atoms with Crippen molar-refractivity contribution in [2.75, 3.05) is 5.32 Å². The molecule has 0 saturated carbocycles. The van der Waals surface area contributed by atoms with E-state index in [-0.39, 0.29) is 0 Å². The highest BCUT2D eigenvalue weighted by molar-refractivity contribution is 9.13. The molecule has 0 bridgehead atoms. The first-order valence-electron chi connectivity index (χ1n) is 6.07. The zero-order valence-electron chi connectivity index (χ0n) is 11.4. The van der Waals surface area contributed by atoms with Gasteiger partial charge in [0.15, 0.2) is 4.67 Å². The highest BCUT2D eigenvalue weighted by Gasteiger charge is 2.04. The van der Waals surface area contributed by atoms with Gasteiger partial charge in [0.05, 0.1) is 10.7 Å². The quantitative estimate of drug-likeness (QED) is 0.570. The SMILES string of the molecule is Cc1cc(C)cc(NC(=O)N/N=C/c2cc(Br)c(Br)o2)c1. The lowest BCUT2D eigenvalue weighted by molar-refractivity contribution is 0.252. The number of hydrazone groups is 1. The van der Waals surface area contributed by atoms with Gasteiger partial charge in [-0.15, -0.1) is 0 Å². The molecule has 5 nitrogen and oxygen atoms in total. The lowest BCUT2D eigenvalue weighted by Crippen LogP contribution is -2.24. The molecule has 21 heavy (non-hydrogen) atoms. The molecule has 1 aromatic carbocycles. The molecular weight excluding hydrogens is 402 g/mol. The van der Waals surface area contributed by atoms with Gasteiger partial charge in [0, 0.05) is 11.8 Å². The van der Waals surface area contributed by atoms with Gasteiger partial charge in [-0.3, -0.25) is 0 Å². The van der Waals surface area contributed by atoms with E-state index in [1.807, 2.05) is 32.0 Å². The standard InChI is InChI=1S/C14H13Br2N3O2/c1-8-3-9(2)5-10(4-8)18-14(20)19-17-7-11-6-12(15)13(16)21-11/h3-7H,1-2H3,(H2,18,19,20)/b17-7+. The van der Waals surface area contributed by atoms with Crippen molar-refractivity contribution in [3.8, 4) is 0 Å². The summed E-state index contributed by atoms with van der Waals surface area (Å²) in [6, 6.07) is 7.12. The Bertz CT molecular complexity index is 656. The maximum atomic E-state index is 11.7. The lowest BCUT2D eigenvalue weighted by atomic mass is 10.1. The molecule has 0 saturated heterocycles. The molecule has 0 atom stereocenters. The minimum Gasteiger partial charge on any atom is -0.447 e. The molecule has 2 aromatic rings. The smallest absolute Gasteiger partial charge is 0.339 e. The van der Waals surface area contributed by atoms with Gasteiger partial charge in [-0.1, -0.05) is 6.07 Å². The Morgan fingerprint density at radius 1 is 1.19 bits per heavy atom. The molecule has 2 N–H and O–H groups in total. The minimum atomic E-state index is -0.416. The van der Waals surface area contributed by atoms with Crippen LogP contribution in [0.25, 0.3) is 0 Å². The Hall–Kier alpha value is -1.60. The van der Waals surface area contributed by atoms with Crippen molar-refractivity contribution in [2.24, 2.45) is 5.10 Å². The number of hydrogen-bond donors (Lipinski definition) is 2. The van der Waals surface area contributed by atoms with E-state index >= 15 is 0 Å². The second-order valence-corrected chi connectivity index (χ2v) is 6.05. The van der Waals surface area contributed by atoms with Crippen LogP contribution in [0.1, 0.15) is 16.9 Å². The van der Waals surface area contributed by atoms with Crippen molar-refractivity contribution < 1.29 is 9.21 Å². The first-order valence-corrected chi connectivity index (χ1v) is 7.66. The van der Waals surface area contributed by atoms with E-state index in [0.29, 0.717) is 10.4 Å². The van der Waals surface area contributed by atoms with Gasteiger partial charge >= 0.3 is 6.03 Å². The van der Waals surface area contributed by atoms with Crippen LogP contribution >= 0.6 is 31.9 Å². The number of nitrogens with zero attached hydrogens (tertiary/aromatic N) is 1. The second kappa shape index (κ2) is 6.91. The van der Waals surface area contributed by atoms with Gasteiger partial charge in [-0.25, -0.2) is 10.2 Å². The van der Waals surface area contributed by atoms with Crippen LogP contribution in [0.5, 0.6) is 0 Å². The summed E-state index contributed by atoms with van der Waals surface area (Å²) in [5.74, 6) is 0.514. The Morgan fingerprint density at radius 2 is 1.86 bits per heavy atom. The van der Waals surface area contributed by atoms with Gasteiger partial charge in [-0.05, 0) is 69.0 Å². The van der Waals surface area contributed by atoms with Crippen LogP contribution < -0.4 is 10.7 Å². The molecular formula is C14H13Br2N3O2. The fourth-order valence-electron chi connectivity index (χ4n) is 1.79. The van der Waals surface area contributed by atoms with E-state index < -0.39 is 6.03 Å². The van der Waals surface area contributed by atoms with Crippen molar-refractivity contribution in [3.63, 3.8) is 0 Å². The van der Waals surface area contributed by atoms with Crippen LogP contribution in [0.15, 0.2) is 42.9 Å². The summed E-state index contributed by atoms with van der Waals surface area (Å²) < 4.78 is 6.65. The van der Waals surface area contributed by atoms with Gasteiger partial charge < -0.3 is 9.73 Å². The fourth-order valence-corrected chi connectivity index (χ4v) is 2.40. The number of carbonyl (C=O) groups excluding carboxylic acids is 1. The zero-order valence-corrected chi connectivity index (χ0v) is 14.6. The molecule has 0 spiro atoms. The van der Waals surface area contributed by atoms with Gasteiger partial charge in [-0.2, -0.15) is 5.10 Å².